The molecule has 2 N–H and O–H groups in total. The van der Waals surface area contributed by atoms with E-state index in [4.69, 9.17) is 0 Å². The maximum atomic E-state index is 11.6. The topological polar surface area (TPSA) is 62.2 Å². The first kappa shape index (κ1) is 12.2. The summed E-state index contributed by atoms with van der Waals surface area (Å²) in [5, 5.41) is 16.4. The van der Waals surface area contributed by atoms with Crippen molar-refractivity contribution in [1.82, 2.24) is 10.3 Å². The van der Waals surface area contributed by atoms with Gasteiger partial charge in [-0.2, -0.15) is 0 Å². The van der Waals surface area contributed by atoms with Gasteiger partial charge in [-0.25, -0.2) is 4.98 Å². The van der Waals surface area contributed by atoms with Crippen molar-refractivity contribution < 1.29 is 9.90 Å². The Morgan fingerprint density at radius 3 is 3.06 bits per heavy atom. The van der Waals surface area contributed by atoms with Crippen molar-refractivity contribution in [1.29, 1.82) is 0 Å². The van der Waals surface area contributed by atoms with Crippen LogP contribution in [0.2, 0.25) is 0 Å². The first-order valence-electron chi connectivity index (χ1n) is 5.02. The minimum atomic E-state index is -1.04. The molecule has 0 bridgehead atoms. The molecule has 0 fully saturated rings. The van der Waals surface area contributed by atoms with E-state index in [9.17, 15) is 9.90 Å². The monoisotopic (exact) mass is 268 g/mol. The van der Waals surface area contributed by atoms with Gasteiger partial charge >= 0.3 is 0 Å². The molecule has 0 spiro atoms. The van der Waals surface area contributed by atoms with Crippen LogP contribution in [0.1, 0.15) is 22.3 Å². The maximum absolute atomic E-state index is 11.6. The molecule has 4 nitrogen and oxygen atoms in total. The number of rotatable bonds is 4. The van der Waals surface area contributed by atoms with Crippen LogP contribution in [-0.2, 0) is 5.60 Å². The second-order valence-electron chi connectivity index (χ2n) is 3.81. The van der Waals surface area contributed by atoms with E-state index in [1.54, 1.807) is 17.8 Å². The number of hydrogen-bond donors (Lipinski definition) is 2. The molecule has 0 aliphatic carbocycles. The zero-order valence-corrected chi connectivity index (χ0v) is 10.8. The van der Waals surface area contributed by atoms with Crippen LogP contribution in [0.3, 0.4) is 0 Å². The fourth-order valence-electron chi connectivity index (χ4n) is 1.34. The first-order chi connectivity index (χ1) is 8.09. The van der Waals surface area contributed by atoms with Crippen molar-refractivity contribution in [3.63, 3.8) is 0 Å². The summed E-state index contributed by atoms with van der Waals surface area (Å²) in [5.41, 5.74) is 0.948. The van der Waals surface area contributed by atoms with Gasteiger partial charge in [-0.05, 0) is 18.4 Å². The summed E-state index contributed by atoms with van der Waals surface area (Å²) in [6, 6.07) is 3.72. The molecule has 2 aromatic rings. The fraction of sp³-hybridized carbons (Fsp3) is 0.273. The Bertz CT molecular complexity index is 478. The number of nitrogens with one attached hydrogen (secondary N) is 1. The van der Waals surface area contributed by atoms with E-state index >= 15 is 0 Å². The van der Waals surface area contributed by atoms with E-state index < -0.39 is 5.60 Å². The van der Waals surface area contributed by atoms with Crippen molar-refractivity contribution in [2.24, 2.45) is 0 Å². The van der Waals surface area contributed by atoms with E-state index in [-0.39, 0.29) is 12.5 Å². The first-order valence-corrected chi connectivity index (χ1v) is 6.84. The average Bonchev–Trinajstić information content (AvgIpc) is 2.97. The fourth-order valence-corrected chi connectivity index (χ4v) is 2.66. The van der Waals surface area contributed by atoms with Crippen LogP contribution in [0.25, 0.3) is 0 Å². The number of thiophene rings is 1. The molecule has 0 saturated carbocycles. The van der Waals surface area contributed by atoms with E-state index in [0.717, 1.165) is 4.88 Å². The van der Waals surface area contributed by atoms with E-state index in [1.165, 1.54) is 22.7 Å². The Labute approximate surface area is 107 Å². The summed E-state index contributed by atoms with van der Waals surface area (Å²) >= 11 is 2.83. The molecule has 1 amide bonds. The minimum Gasteiger partial charge on any atom is -0.383 e. The lowest BCUT2D eigenvalue weighted by Crippen LogP contribution is -2.38. The van der Waals surface area contributed by atoms with Gasteiger partial charge in [-0.15, -0.1) is 22.7 Å². The SMILES string of the molecule is CC(O)(CNC(=O)c1cscn1)c1cccs1. The molecule has 1 unspecified atom stereocenters. The number of hydrogen-bond acceptors (Lipinski definition) is 5. The number of carbonyl (C=O) groups is 1. The van der Waals surface area contributed by atoms with Crippen molar-refractivity contribution in [2.75, 3.05) is 6.54 Å². The lowest BCUT2D eigenvalue weighted by Gasteiger charge is -2.21. The molecule has 90 valence electrons. The van der Waals surface area contributed by atoms with Gasteiger partial charge in [0.25, 0.3) is 5.91 Å². The van der Waals surface area contributed by atoms with E-state index in [0.29, 0.717) is 5.69 Å². The van der Waals surface area contributed by atoms with Crippen LogP contribution in [0, 0.1) is 0 Å². The highest BCUT2D eigenvalue weighted by molar-refractivity contribution is 7.10. The summed E-state index contributed by atoms with van der Waals surface area (Å²) in [4.78, 5) is 16.4. The number of carbonyl (C=O) groups excluding carboxylic acids is 1. The molecule has 0 aliphatic heterocycles. The zero-order valence-electron chi connectivity index (χ0n) is 9.21. The lowest BCUT2D eigenvalue weighted by molar-refractivity contribution is 0.0555. The normalized spacial score (nSPS) is 14.2. The highest BCUT2D eigenvalue weighted by Gasteiger charge is 2.25. The molecule has 6 heteroatoms. The Morgan fingerprint density at radius 2 is 2.47 bits per heavy atom. The maximum Gasteiger partial charge on any atom is 0.270 e. The Hall–Kier alpha value is -1.24. The average molecular weight is 268 g/mol. The molecule has 2 heterocycles. The second kappa shape index (κ2) is 4.95. The number of aliphatic hydroxyl groups is 1. The van der Waals surface area contributed by atoms with E-state index in [1.807, 2.05) is 17.5 Å². The molecule has 0 aliphatic rings. The van der Waals surface area contributed by atoms with Crippen molar-refractivity contribution >= 4 is 28.6 Å². The molecule has 0 aromatic carbocycles. The molecule has 17 heavy (non-hydrogen) atoms. The summed E-state index contributed by atoms with van der Waals surface area (Å²) in [7, 11) is 0. The van der Waals surface area contributed by atoms with Crippen LogP contribution >= 0.6 is 22.7 Å². The minimum absolute atomic E-state index is 0.171. The van der Waals surface area contributed by atoms with Gasteiger partial charge in [-0.1, -0.05) is 6.07 Å². The third-order valence-corrected chi connectivity index (χ3v) is 4.02. The highest BCUT2D eigenvalue weighted by atomic mass is 32.1. The third kappa shape index (κ3) is 2.91. The van der Waals surface area contributed by atoms with Gasteiger partial charge in [0.15, 0.2) is 0 Å². The highest BCUT2D eigenvalue weighted by Crippen LogP contribution is 2.24. The Kier molecular flexibility index (Phi) is 3.56. The van der Waals surface area contributed by atoms with Gasteiger partial charge in [0.1, 0.15) is 11.3 Å². The van der Waals surface area contributed by atoms with Crippen molar-refractivity contribution in [3.8, 4) is 0 Å². The quantitative estimate of drug-likeness (QED) is 0.889. The van der Waals surface area contributed by atoms with Crippen LogP contribution in [0.4, 0.5) is 0 Å². The van der Waals surface area contributed by atoms with Gasteiger partial charge in [0, 0.05) is 10.3 Å². The molecule has 0 radical (unpaired) electrons. The van der Waals surface area contributed by atoms with Gasteiger partial charge in [-0.3, -0.25) is 4.79 Å². The van der Waals surface area contributed by atoms with Gasteiger partial charge in [0.05, 0.1) is 12.1 Å². The number of aromatic nitrogens is 1. The standard InChI is InChI=1S/C11H12N2O2S2/c1-11(15,9-3-2-4-17-9)6-12-10(14)8-5-16-7-13-8/h2-5,7,15H,6H2,1H3,(H,12,14). The smallest absolute Gasteiger partial charge is 0.270 e. The predicted molar refractivity (Wildman–Crippen MR) is 68.3 cm³/mol. The van der Waals surface area contributed by atoms with Crippen LogP contribution in [0.5, 0.6) is 0 Å². The summed E-state index contributed by atoms with van der Waals surface area (Å²) < 4.78 is 0. The van der Waals surface area contributed by atoms with Crippen LogP contribution in [0.15, 0.2) is 28.4 Å². The predicted octanol–water partition coefficient (Wildman–Crippen LogP) is 1.84. The molecular formula is C11H12N2O2S2. The summed E-state index contributed by atoms with van der Waals surface area (Å²) in [6.07, 6.45) is 0. The molecule has 2 rings (SSSR count). The summed E-state index contributed by atoms with van der Waals surface area (Å²) in [6.45, 7) is 1.85. The number of amides is 1. The van der Waals surface area contributed by atoms with Gasteiger partial charge in [0.2, 0.25) is 0 Å². The lowest BCUT2D eigenvalue weighted by atomic mass is 10.1. The van der Waals surface area contributed by atoms with Crippen molar-refractivity contribution in [2.45, 2.75) is 12.5 Å². The largest absolute Gasteiger partial charge is 0.383 e. The Morgan fingerprint density at radius 1 is 1.65 bits per heavy atom. The van der Waals surface area contributed by atoms with Crippen LogP contribution < -0.4 is 5.32 Å². The second-order valence-corrected chi connectivity index (χ2v) is 5.47. The molecule has 2 aromatic heterocycles. The van der Waals surface area contributed by atoms with Crippen LogP contribution in [-0.4, -0.2) is 22.5 Å². The van der Waals surface area contributed by atoms with Crippen molar-refractivity contribution in [3.05, 3.63) is 39.0 Å². The molecular weight excluding hydrogens is 256 g/mol. The summed E-state index contributed by atoms with van der Waals surface area (Å²) in [5.74, 6) is -0.261. The van der Waals surface area contributed by atoms with E-state index in [2.05, 4.69) is 10.3 Å². The molecule has 0 saturated heterocycles. The zero-order chi connectivity index (χ0) is 12.3. The third-order valence-electron chi connectivity index (χ3n) is 2.31. The number of nitrogens with zero attached hydrogens (tertiary/aromatic N) is 1. The number of thiazole rings is 1. The Balaban J connectivity index is 1.96. The molecule has 1 atom stereocenters. The van der Waals surface area contributed by atoms with Gasteiger partial charge < -0.3 is 10.4 Å².